The fourth-order valence-corrected chi connectivity index (χ4v) is 2.72. The van der Waals surface area contributed by atoms with Gasteiger partial charge in [0.05, 0.1) is 12.6 Å². The second-order valence-corrected chi connectivity index (χ2v) is 7.69. The predicted octanol–water partition coefficient (Wildman–Crippen LogP) is -1.48. The molecule has 31 heavy (non-hydrogen) atoms. The molecule has 3 amide bonds. The van der Waals surface area contributed by atoms with Crippen molar-refractivity contribution in [2.45, 2.75) is 70.5 Å². The summed E-state index contributed by atoms with van der Waals surface area (Å²) in [6, 6.07) is -3.26. The smallest absolute Gasteiger partial charge is 0.326 e. The Morgan fingerprint density at radius 3 is 2.06 bits per heavy atom. The van der Waals surface area contributed by atoms with Crippen molar-refractivity contribution >= 4 is 29.7 Å². The highest BCUT2D eigenvalue weighted by Crippen LogP contribution is 2.05. The normalized spacial score (nSPS) is 13.7. The predicted molar refractivity (Wildman–Crippen MR) is 112 cm³/mol. The number of hydrogen-bond acceptors (Lipinski definition) is 7. The highest BCUT2D eigenvalue weighted by molar-refractivity contribution is 5.92. The second kappa shape index (κ2) is 15.1. The first-order chi connectivity index (χ1) is 14.5. The minimum Gasteiger partial charge on any atom is -0.481 e. The molecule has 9 N–H and O–H groups in total. The topological polar surface area (TPSA) is 214 Å². The zero-order chi connectivity index (χ0) is 24.0. The average Bonchev–Trinajstić information content (AvgIpc) is 2.67. The molecule has 12 nitrogen and oxygen atoms in total. The number of nitrogens with one attached hydrogen (secondary N) is 3. The molecule has 178 valence electrons. The lowest BCUT2D eigenvalue weighted by Gasteiger charge is -2.21. The Balaban J connectivity index is 4.93. The molecule has 0 rings (SSSR count). The summed E-state index contributed by atoms with van der Waals surface area (Å²) in [7, 11) is 0. The van der Waals surface area contributed by atoms with Gasteiger partial charge in [-0.1, -0.05) is 13.8 Å². The largest absolute Gasteiger partial charge is 0.481 e. The van der Waals surface area contributed by atoms with Gasteiger partial charge < -0.3 is 37.6 Å². The van der Waals surface area contributed by atoms with E-state index >= 15 is 0 Å². The molecule has 0 aliphatic heterocycles. The van der Waals surface area contributed by atoms with E-state index in [1.807, 2.05) is 13.8 Å². The average molecular weight is 446 g/mol. The summed E-state index contributed by atoms with van der Waals surface area (Å²) in [5.41, 5.74) is 11.1. The third-order valence-corrected chi connectivity index (χ3v) is 4.35. The van der Waals surface area contributed by atoms with E-state index in [0.29, 0.717) is 25.8 Å². The van der Waals surface area contributed by atoms with E-state index < -0.39 is 60.8 Å². The maximum absolute atomic E-state index is 12.5. The van der Waals surface area contributed by atoms with Gasteiger partial charge in [-0.2, -0.15) is 0 Å². The van der Waals surface area contributed by atoms with Crippen LogP contribution in [0.4, 0.5) is 0 Å². The minimum absolute atomic E-state index is 0.141. The van der Waals surface area contributed by atoms with Crippen LogP contribution < -0.4 is 27.4 Å². The lowest BCUT2D eigenvalue weighted by atomic mass is 10.0. The Kier molecular flexibility index (Phi) is 13.8. The molecule has 0 aliphatic carbocycles. The van der Waals surface area contributed by atoms with Crippen LogP contribution in [0.5, 0.6) is 0 Å². The monoisotopic (exact) mass is 445 g/mol. The third kappa shape index (κ3) is 13.2. The zero-order valence-corrected chi connectivity index (χ0v) is 18.1. The van der Waals surface area contributed by atoms with E-state index in [1.165, 1.54) is 0 Å². The number of carbonyl (C=O) groups is 5. The van der Waals surface area contributed by atoms with Crippen LogP contribution in [0.15, 0.2) is 0 Å². The van der Waals surface area contributed by atoms with Gasteiger partial charge in [-0.15, -0.1) is 0 Å². The lowest BCUT2D eigenvalue weighted by Crippen LogP contribution is -2.53. The van der Waals surface area contributed by atoms with Gasteiger partial charge in [0, 0.05) is 6.42 Å². The summed E-state index contributed by atoms with van der Waals surface area (Å²) in [4.78, 5) is 58.8. The summed E-state index contributed by atoms with van der Waals surface area (Å²) in [5, 5.41) is 25.2. The second-order valence-electron chi connectivity index (χ2n) is 7.69. The van der Waals surface area contributed by atoms with Crippen LogP contribution in [0.1, 0.15) is 52.4 Å². The number of hydrogen-bond donors (Lipinski definition) is 7. The number of carbonyl (C=O) groups excluding carboxylic acids is 3. The molecular weight excluding hydrogens is 410 g/mol. The van der Waals surface area contributed by atoms with Crippen molar-refractivity contribution in [2.75, 3.05) is 13.1 Å². The van der Waals surface area contributed by atoms with Crippen LogP contribution in [-0.2, 0) is 24.0 Å². The van der Waals surface area contributed by atoms with E-state index in [2.05, 4.69) is 16.0 Å². The molecule has 0 aliphatic rings. The van der Waals surface area contributed by atoms with Gasteiger partial charge in [-0.25, -0.2) is 4.79 Å². The molecule has 3 atom stereocenters. The molecule has 0 bridgehead atoms. The van der Waals surface area contributed by atoms with Crippen molar-refractivity contribution in [3.05, 3.63) is 0 Å². The number of unbranched alkanes of at least 4 members (excludes halogenated alkanes) is 1. The number of amides is 3. The van der Waals surface area contributed by atoms with Crippen molar-refractivity contribution in [3.8, 4) is 0 Å². The van der Waals surface area contributed by atoms with E-state index in [1.54, 1.807) is 0 Å². The molecule has 0 aromatic carbocycles. The van der Waals surface area contributed by atoms with Gasteiger partial charge >= 0.3 is 11.9 Å². The van der Waals surface area contributed by atoms with Crippen LogP contribution >= 0.6 is 0 Å². The molecule has 0 fully saturated rings. The van der Waals surface area contributed by atoms with Gasteiger partial charge in [0.1, 0.15) is 12.1 Å². The van der Waals surface area contributed by atoms with Crippen LogP contribution in [0.25, 0.3) is 0 Å². The van der Waals surface area contributed by atoms with E-state index in [4.69, 9.17) is 16.6 Å². The summed E-state index contributed by atoms with van der Waals surface area (Å²) >= 11 is 0. The number of carboxylic acids is 2. The number of carboxylic acid groups (broad SMARTS) is 2. The molecule has 0 heterocycles. The molecule has 0 spiro atoms. The molecule has 0 unspecified atom stereocenters. The first kappa shape index (κ1) is 28.3. The van der Waals surface area contributed by atoms with Crippen molar-refractivity contribution in [3.63, 3.8) is 0 Å². The number of aliphatic carboxylic acids is 2. The van der Waals surface area contributed by atoms with Crippen molar-refractivity contribution < 1.29 is 34.2 Å². The van der Waals surface area contributed by atoms with Gasteiger partial charge in [0.15, 0.2) is 0 Å². The van der Waals surface area contributed by atoms with Gasteiger partial charge in [-0.3, -0.25) is 19.2 Å². The fraction of sp³-hybridized carbons (Fsp3) is 0.737. The first-order valence-corrected chi connectivity index (χ1v) is 10.3. The summed E-state index contributed by atoms with van der Waals surface area (Å²) in [6.45, 7) is 3.71. The zero-order valence-electron chi connectivity index (χ0n) is 18.1. The number of rotatable bonds is 16. The molecular formula is C19H35N5O7. The van der Waals surface area contributed by atoms with Gasteiger partial charge in [0.25, 0.3) is 0 Å². The molecule has 0 aromatic rings. The standard InChI is InChI=1S/C19H35N5O7/c1-11(2)9-12(21)17(28)22-10-15(25)23-13(6-7-16(26)27)18(29)24-14(19(30)31)5-3-4-8-20/h11-14H,3-10,20-21H2,1-2H3,(H,22,28)(H,23,25)(H,24,29)(H,26,27)(H,30,31)/t12-,13-,14-/m0/s1. The van der Waals surface area contributed by atoms with E-state index in [0.717, 1.165) is 0 Å². The van der Waals surface area contributed by atoms with E-state index in [9.17, 15) is 29.1 Å². The maximum Gasteiger partial charge on any atom is 0.326 e. The first-order valence-electron chi connectivity index (χ1n) is 10.3. The Hall–Kier alpha value is -2.73. The highest BCUT2D eigenvalue weighted by atomic mass is 16.4. The van der Waals surface area contributed by atoms with Crippen LogP contribution in [0.2, 0.25) is 0 Å². The molecule has 12 heteroatoms. The summed E-state index contributed by atoms with van der Waals surface area (Å²) in [6.07, 6.45) is 0.956. The van der Waals surface area contributed by atoms with Crippen LogP contribution in [-0.4, -0.2) is 71.1 Å². The van der Waals surface area contributed by atoms with Crippen molar-refractivity contribution in [2.24, 2.45) is 17.4 Å². The Morgan fingerprint density at radius 1 is 0.903 bits per heavy atom. The van der Waals surface area contributed by atoms with Gasteiger partial charge in [-0.05, 0) is 44.6 Å². The molecule has 0 aromatic heterocycles. The molecule has 0 saturated carbocycles. The molecule has 0 saturated heterocycles. The SMILES string of the molecule is CC(C)C[C@H](N)C(=O)NCC(=O)N[C@@H](CCC(=O)O)C(=O)N[C@@H](CCCCN)C(=O)O. The Morgan fingerprint density at radius 2 is 1.55 bits per heavy atom. The Bertz CT molecular complexity index is 627. The van der Waals surface area contributed by atoms with Crippen LogP contribution in [0, 0.1) is 5.92 Å². The highest BCUT2D eigenvalue weighted by Gasteiger charge is 2.27. The number of nitrogens with two attached hydrogens (primary N) is 2. The van der Waals surface area contributed by atoms with Crippen molar-refractivity contribution in [1.82, 2.24) is 16.0 Å². The van der Waals surface area contributed by atoms with Gasteiger partial charge in [0.2, 0.25) is 17.7 Å². The minimum atomic E-state index is -1.28. The molecule has 0 radical (unpaired) electrons. The quantitative estimate of drug-likeness (QED) is 0.138. The Labute approximate surface area is 181 Å². The summed E-state index contributed by atoms with van der Waals surface area (Å²) in [5.74, 6) is -4.33. The maximum atomic E-state index is 12.5. The van der Waals surface area contributed by atoms with Crippen molar-refractivity contribution in [1.29, 1.82) is 0 Å². The fourth-order valence-electron chi connectivity index (χ4n) is 2.72. The lowest BCUT2D eigenvalue weighted by molar-refractivity contribution is -0.143. The third-order valence-electron chi connectivity index (χ3n) is 4.35. The summed E-state index contributed by atoms with van der Waals surface area (Å²) < 4.78 is 0. The van der Waals surface area contributed by atoms with Crippen LogP contribution in [0.3, 0.4) is 0 Å². The van der Waals surface area contributed by atoms with E-state index in [-0.39, 0.29) is 18.8 Å².